The topological polar surface area (TPSA) is 49.5 Å². The molecule has 3 atom stereocenters. The molecule has 1 aromatic carbocycles. The molecule has 0 saturated carbocycles. The van der Waals surface area contributed by atoms with Crippen molar-refractivity contribution in [3.63, 3.8) is 0 Å². The van der Waals surface area contributed by atoms with Crippen molar-refractivity contribution in [1.82, 2.24) is 0 Å². The molecule has 2 bridgehead atoms. The molecule has 0 amide bonds. The molecule has 0 spiro atoms. The van der Waals surface area contributed by atoms with Crippen molar-refractivity contribution in [3.8, 4) is 0 Å². The summed E-state index contributed by atoms with van der Waals surface area (Å²) in [5, 5.41) is 9.86. The van der Waals surface area contributed by atoms with Gasteiger partial charge in [-0.05, 0) is 44.7 Å². The number of piperidine rings is 1. The Kier molecular flexibility index (Phi) is 3.23. The molecule has 2 aliphatic heterocycles. The van der Waals surface area contributed by atoms with Gasteiger partial charge in [0.05, 0.1) is 6.10 Å². The molecule has 4 heteroatoms. The van der Waals surface area contributed by atoms with Gasteiger partial charge in [0.25, 0.3) is 0 Å². The number of halogens is 1. The maximum Gasteiger partial charge on any atom is 0.130 e. The minimum absolute atomic E-state index is 0.207. The van der Waals surface area contributed by atoms with Gasteiger partial charge in [0, 0.05) is 29.4 Å². The molecular weight excluding hydrogens is 243 g/mol. The Morgan fingerprint density at radius 1 is 1.32 bits per heavy atom. The third kappa shape index (κ3) is 2.13. The first-order valence-electron chi connectivity index (χ1n) is 7.08. The first kappa shape index (κ1) is 12.9. The second-order valence-electron chi connectivity index (χ2n) is 5.88. The van der Waals surface area contributed by atoms with E-state index >= 15 is 0 Å². The third-order valence-corrected chi connectivity index (χ3v) is 4.47. The van der Waals surface area contributed by atoms with Crippen molar-refractivity contribution in [3.05, 3.63) is 29.6 Å². The highest BCUT2D eigenvalue weighted by molar-refractivity contribution is 5.58. The zero-order chi connectivity index (χ0) is 13.6. The summed E-state index contributed by atoms with van der Waals surface area (Å²) in [5.41, 5.74) is 7.48. The van der Waals surface area contributed by atoms with Crippen molar-refractivity contribution < 1.29 is 9.50 Å². The van der Waals surface area contributed by atoms with E-state index in [-0.39, 0.29) is 18.0 Å². The molecule has 19 heavy (non-hydrogen) atoms. The molecule has 3 nitrogen and oxygen atoms in total. The van der Waals surface area contributed by atoms with E-state index in [0.717, 1.165) is 31.4 Å². The molecule has 104 valence electrons. The van der Waals surface area contributed by atoms with Crippen LogP contribution in [0.3, 0.4) is 0 Å². The van der Waals surface area contributed by atoms with Crippen LogP contribution >= 0.6 is 0 Å². The van der Waals surface area contributed by atoms with E-state index in [0.29, 0.717) is 17.6 Å². The zero-order valence-corrected chi connectivity index (χ0v) is 11.2. The van der Waals surface area contributed by atoms with Gasteiger partial charge < -0.3 is 15.7 Å². The maximum absolute atomic E-state index is 14.1. The van der Waals surface area contributed by atoms with Crippen LogP contribution in [0, 0.1) is 5.82 Å². The number of rotatable bonds is 2. The average Bonchev–Trinajstić information content (AvgIpc) is 2.60. The second-order valence-corrected chi connectivity index (χ2v) is 5.88. The van der Waals surface area contributed by atoms with Crippen LogP contribution in [0.2, 0.25) is 0 Å². The highest BCUT2D eigenvalue weighted by atomic mass is 19.1. The summed E-state index contributed by atoms with van der Waals surface area (Å²) < 4.78 is 14.1. The van der Waals surface area contributed by atoms with Gasteiger partial charge in [0.2, 0.25) is 0 Å². The first-order chi connectivity index (χ1) is 9.08. The molecule has 0 aliphatic carbocycles. The third-order valence-electron chi connectivity index (χ3n) is 4.47. The fourth-order valence-corrected chi connectivity index (χ4v) is 3.74. The number of hydrogen-bond donors (Lipinski definition) is 2. The highest BCUT2D eigenvalue weighted by Crippen LogP contribution is 2.42. The Balaban J connectivity index is 2.01. The number of benzene rings is 1. The van der Waals surface area contributed by atoms with Crippen LogP contribution in [-0.2, 0) is 0 Å². The SMILES string of the molecule is C[C@@H](N)c1c(F)cccc1N1C2CCC1CC(O)C2. The largest absolute Gasteiger partial charge is 0.393 e. The second kappa shape index (κ2) is 4.76. The summed E-state index contributed by atoms with van der Waals surface area (Å²) in [6.45, 7) is 1.82. The number of hydrogen-bond acceptors (Lipinski definition) is 3. The molecule has 2 aliphatic rings. The summed E-state index contributed by atoms with van der Waals surface area (Å²) in [6, 6.07) is 5.53. The van der Waals surface area contributed by atoms with Gasteiger partial charge in [0.1, 0.15) is 5.82 Å². The number of fused-ring (bicyclic) bond motifs is 2. The molecule has 3 rings (SSSR count). The van der Waals surface area contributed by atoms with E-state index in [1.807, 2.05) is 13.0 Å². The van der Waals surface area contributed by atoms with E-state index < -0.39 is 0 Å². The molecule has 0 radical (unpaired) electrons. The Bertz CT molecular complexity index is 463. The molecule has 2 unspecified atom stereocenters. The van der Waals surface area contributed by atoms with Gasteiger partial charge in [-0.1, -0.05) is 6.07 Å². The van der Waals surface area contributed by atoms with Gasteiger partial charge in [-0.25, -0.2) is 4.39 Å². The number of nitrogens with two attached hydrogens (primary N) is 1. The minimum Gasteiger partial charge on any atom is -0.393 e. The van der Waals surface area contributed by atoms with Crippen LogP contribution in [0.25, 0.3) is 0 Å². The quantitative estimate of drug-likeness (QED) is 0.862. The lowest BCUT2D eigenvalue weighted by atomic mass is 9.96. The lowest BCUT2D eigenvalue weighted by Gasteiger charge is -2.40. The van der Waals surface area contributed by atoms with Gasteiger partial charge in [-0.3, -0.25) is 0 Å². The van der Waals surface area contributed by atoms with Crippen molar-refractivity contribution in [1.29, 1.82) is 0 Å². The lowest BCUT2D eigenvalue weighted by Crippen LogP contribution is -2.45. The molecule has 2 saturated heterocycles. The molecule has 3 N–H and O–H groups in total. The van der Waals surface area contributed by atoms with Gasteiger partial charge in [-0.2, -0.15) is 0 Å². The predicted octanol–water partition coefficient (Wildman–Crippen LogP) is 2.34. The van der Waals surface area contributed by atoms with Crippen LogP contribution in [0.4, 0.5) is 10.1 Å². The van der Waals surface area contributed by atoms with Gasteiger partial charge in [0.15, 0.2) is 0 Å². The van der Waals surface area contributed by atoms with Crippen molar-refractivity contribution >= 4 is 5.69 Å². The average molecular weight is 264 g/mol. The monoisotopic (exact) mass is 264 g/mol. The number of nitrogens with zero attached hydrogens (tertiary/aromatic N) is 1. The smallest absolute Gasteiger partial charge is 0.130 e. The summed E-state index contributed by atoms with van der Waals surface area (Å²) >= 11 is 0. The van der Waals surface area contributed by atoms with Crippen molar-refractivity contribution in [2.45, 2.75) is 56.8 Å². The van der Waals surface area contributed by atoms with Crippen LogP contribution < -0.4 is 10.6 Å². The molecule has 2 fully saturated rings. The van der Waals surface area contributed by atoms with Crippen LogP contribution in [0.1, 0.15) is 44.2 Å². The predicted molar refractivity (Wildman–Crippen MR) is 73.5 cm³/mol. The minimum atomic E-state index is -0.317. The van der Waals surface area contributed by atoms with Crippen molar-refractivity contribution in [2.24, 2.45) is 5.73 Å². The maximum atomic E-state index is 14.1. The standard InChI is InChI=1S/C15H21FN2O/c1-9(17)15-13(16)3-2-4-14(15)18-10-5-6-11(18)8-12(19)7-10/h2-4,9-12,19H,5-8,17H2,1H3/t9-,10?,11?,12?/m1/s1. The lowest BCUT2D eigenvalue weighted by molar-refractivity contribution is 0.126. The van der Waals surface area contributed by atoms with E-state index in [4.69, 9.17) is 5.73 Å². The Morgan fingerprint density at radius 2 is 1.95 bits per heavy atom. The molecule has 2 heterocycles. The van der Waals surface area contributed by atoms with E-state index in [2.05, 4.69) is 4.90 Å². The fraction of sp³-hybridized carbons (Fsp3) is 0.600. The van der Waals surface area contributed by atoms with E-state index in [1.165, 1.54) is 6.07 Å². The molecule has 1 aromatic rings. The normalized spacial score (nSPS) is 31.6. The molecule has 0 aromatic heterocycles. The summed E-state index contributed by atoms with van der Waals surface area (Å²) in [4.78, 5) is 2.30. The van der Waals surface area contributed by atoms with Crippen LogP contribution in [0.15, 0.2) is 18.2 Å². The number of aliphatic hydroxyl groups is 1. The number of anilines is 1. The fourth-order valence-electron chi connectivity index (χ4n) is 3.74. The Morgan fingerprint density at radius 3 is 2.53 bits per heavy atom. The summed E-state index contributed by atoms with van der Waals surface area (Å²) in [5.74, 6) is -0.224. The van der Waals surface area contributed by atoms with E-state index in [1.54, 1.807) is 6.07 Å². The number of aliphatic hydroxyl groups excluding tert-OH is 1. The first-order valence-corrected chi connectivity index (χ1v) is 7.08. The van der Waals surface area contributed by atoms with Gasteiger partial charge in [-0.15, -0.1) is 0 Å². The van der Waals surface area contributed by atoms with Crippen LogP contribution in [-0.4, -0.2) is 23.3 Å². The molecular formula is C15H21FN2O. The zero-order valence-electron chi connectivity index (χ0n) is 11.2. The highest BCUT2D eigenvalue weighted by Gasteiger charge is 2.41. The van der Waals surface area contributed by atoms with Gasteiger partial charge >= 0.3 is 0 Å². The van der Waals surface area contributed by atoms with Crippen LogP contribution in [0.5, 0.6) is 0 Å². The van der Waals surface area contributed by atoms with E-state index in [9.17, 15) is 9.50 Å². The summed E-state index contributed by atoms with van der Waals surface area (Å²) in [7, 11) is 0. The Hall–Kier alpha value is -1.13. The summed E-state index contributed by atoms with van der Waals surface area (Å²) in [6.07, 6.45) is 3.52. The Labute approximate surface area is 113 Å². The van der Waals surface area contributed by atoms with Crippen molar-refractivity contribution in [2.75, 3.05) is 4.90 Å².